The molecule has 5 nitrogen and oxygen atoms in total. The highest BCUT2D eigenvalue weighted by Crippen LogP contribution is 2.40. The van der Waals surface area contributed by atoms with Gasteiger partial charge < -0.3 is 14.8 Å². The number of carbonyl (C=O) groups excluding carboxylic acids is 2. The Morgan fingerprint density at radius 3 is 2.52 bits per heavy atom. The van der Waals surface area contributed by atoms with Gasteiger partial charge in [-0.25, -0.2) is 9.18 Å². The van der Waals surface area contributed by atoms with E-state index >= 15 is 0 Å². The number of ether oxygens (including phenoxy) is 2. The lowest BCUT2D eigenvalue weighted by molar-refractivity contribution is -0.118. The SMILES string of the molecule is CCOC(=O)c1c(NC(=O)COc2cccc(CC)c2)sc(C)c1-c1ccc(F)cc1. The van der Waals surface area contributed by atoms with Gasteiger partial charge in [0, 0.05) is 10.4 Å². The second kappa shape index (κ2) is 10.2. The number of amides is 1. The molecule has 1 heterocycles. The lowest BCUT2D eigenvalue weighted by Crippen LogP contribution is -2.21. The highest BCUT2D eigenvalue weighted by molar-refractivity contribution is 7.17. The van der Waals surface area contributed by atoms with Crippen LogP contribution in [0.5, 0.6) is 5.75 Å². The topological polar surface area (TPSA) is 64.6 Å². The molecule has 3 aromatic rings. The Hall–Kier alpha value is -3.19. The van der Waals surface area contributed by atoms with E-state index in [0.29, 0.717) is 21.9 Å². The van der Waals surface area contributed by atoms with Crippen LogP contribution in [0.25, 0.3) is 11.1 Å². The first-order valence-corrected chi connectivity index (χ1v) is 10.8. The van der Waals surface area contributed by atoms with E-state index in [1.54, 1.807) is 25.1 Å². The van der Waals surface area contributed by atoms with E-state index < -0.39 is 5.97 Å². The van der Waals surface area contributed by atoms with Crippen molar-refractivity contribution < 1.29 is 23.5 Å². The molecular weight excluding hydrogens is 417 g/mol. The number of esters is 1. The fourth-order valence-corrected chi connectivity index (χ4v) is 4.24. The lowest BCUT2D eigenvalue weighted by atomic mass is 10.0. The Bertz CT molecular complexity index is 1080. The van der Waals surface area contributed by atoms with E-state index in [4.69, 9.17) is 9.47 Å². The van der Waals surface area contributed by atoms with Gasteiger partial charge in [-0.05, 0) is 55.7 Å². The van der Waals surface area contributed by atoms with Crippen LogP contribution in [0.3, 0.4) is 0 Å². The average Bonchev–Trinajstić information content (AvgIpc) is 3.08. The molecule has 31 heavy (non-hydrogen) atoms. The highest BCUT2D eigenvalue weighted by atomic mass is 32.1. The summed E-state index contributed by atoms with van der Waals surface area (Å²) in [5, 5.41) is 3.15. The van der Waals surface area contributed by atoms with Gasteiger partial charge in [-0.2, -0.15) is 0 Å². The van der Waals surface area contributed by atoms with Crippen LogP contribution in [0.2, 0.25) is 0 Å². The van der Waals surface area contributed by atoms with Gasteiger partial charge in [-0.1, -0.05) is 31.2 Å². The number of aryl methyl sites for hydroxylation is 2. The third-order valence-corrected chi connectivity index (χ3v) is 5.65. The fraction of sp³-hybridized carbons (Fsp3) is 0.250. The second-order valence-corrected chi connectivity index (χ2v) is 8.03. The summed E-state index contributed by atoms with van der Waals surface area (Å²) in [6.45, 7) is 5.60. The number of carbonyl (C=O) groups is 2. The number of thiophene rings is 1. The zero-order chi connectivity index (χ0) is 22.4. The van der Waals surface area contributed by atoms with E-state index in [1.807, 2.05) is 32.0 Å². The molecule has 3 rings (SSSR count). The first-order chi connectivity index (χ1) is 14.9. The predicted molar refractivity (Wildman–Crippen MR) is 120 cm³/mol. The standard InChI is InChI=1S/C24H24FNO4S/c1-4-16-7-6-8-19(13-16)30-14-20(27)26-23-22(24(28)29-5-2)21(15(3)31-23)17-9-11-18(25)12-10-17/h6-13H,4-5,14H2,1-3H3,(H,26,27). The molecule has 0 aliphatic rings. The fourth-order valence-electron chi connectivity index (χ4n) is 3.16. The van der Waals surface area contributed by atoms with E-state index in [0.717, 1.165) is 16.9 Å². The molecular formula is C24H24FNO4S. The van der Waals surface area contributed by atoms with Crippen molar-refractivity contribution in [2.24, 2.45) is 0 Å². The maximum atomic E-state index is 13.4. The van der Waals surface area contributed by atoms with Gasteiger partial charge in [-0.15, -0.1) is 11.3 Å². The van der Waals surface area contributed by atoms with Crippen LogP contribution in [0.15, 0.2) is 48.5 Å². The number of anilines is 1. The van der Waals surface area contributed by atoms with Gasteiger partial charge >= 0.3 is 5.97 Å². The Morgan fingerprint density at radius 1 is 1.10 bits per heavy atom. The molecule has 0 atom stereocenters. The summed E-state index contributed by atoms with van der Waals surface area (Å²) in [7, 11) is 0. The van der Waals surface area contributed by atoms with Crippen LogP contribution in [0, 0.1) is 12.7 Å². The van der Waals surface area contributed by atoms with Crippen molar-refractivity contribution >= 4 is 28.2 Å². The second-order valence-electron chi connectivity index (χ2n) is 6.80. The Balaban J connectivity index is 1.84. The summed E-state index contributed by atoms with van der Waals surface area (Å²) in [6, 6.07) is 13.4. The minimum Gasteiger partial charge on any atom is -0.484 e. The van der Waals surface area contributed by atoms with Crippen LogP contribution < -0.4 is 10.1 Å². The van der Waals surface area contributed by atoms with E-state index in [2.05, 4.69) is 5.32 Å². The number of nitrogens with one attached hydrogen (secondary N) is 1. The quantitative estimate of drug-likeness (QED) is 0.461. The molecule has 0 saturated heterocycles. The van der Waals surface area contributed by atoms with E-state index in [-0.39, 0.29) is 30.5 Å². The Kier molecular flexibility index (Phi) is 7.41. The maximum Gasteiger partial charge on any atom is 0.341 e. The van der Waals surface area contributed by atoms with Gasteiger partial charge in [0.1, 0.15) is 22.1 Å². The van der Waals surface area contributed by atoms with Crippen molar-refractivity contribution in [2.75, 3.05) is 18.5 Å². The van der Waals surface area contributed by atoms with Crippen LogP contribution >= 0.6 is 11.3 Å². The first-order valence-electron chi connectivity index (χ1n) is 10.0. The summed E-state index contributed by atoms with van der Waals surface area (Å²) in [5.74, 6) is -0.695. The van der Waals surface area contributed by atoms with Crippen molar-refractivity contribution in [2.45, 2.75) is 27.2 Å². The maximum absolute atomic E-state index is 13.4. The summed E-state index contributed by atoms with van der Waals surface area (Å²) >= 11 is 1.27. The summed E-state index contributed by atoms with van der Waals surface area (Å²) in [4.78, 5) is 26.0. The van der Waals surface area contributed by atoms with E-state index in [9.17, 15) is 14.0 Å². The molecule has 2 aromatic carbocycles. The van der Waals surface area contributed by atoms with Crippen molar-refractivity contribution in [3.05, 3.63) is 70.4 Å². The highest BCUT2D eigenvalue weighted by Gasteiger charge is 2.25. The molecule has 162 valence electrons. The number of rotatable bonds is 8. The van der Waals surface area contributed by atoms with E-state index in [1.165, 1.54) is 23.5 Å². The van der Waals surface area contributed by atoms with Crippen molar-refractivity contribution in [1.29, 1.82) is 0 Å². The minimum absolute atomic E-state index is 0.195. The molecule has 0 unspecified atom stereocenters. The minimum atomic E-state index is -0.543. The molecule has 0 saturated carbocycles. The number of hydrogen-bond donors (Lipinski definition) is 1. The van der Waals surface area contributed by atoms with Gasteiger partial charge in [0.2, 0.25) is 0 Å². The summed E-state index contributed by atoms with van der Waals surface area (Å²) in [6.07, 6.45) is 0.868. The van der Waals surface area contributed by atoms with Gasteiger partial charge in [0.25, 0.3) is 5.91 Å². The Morgan fingerprint density at radius 2 is 1.84 bits per heavy atom. The zero-order valence-electron chi connectivity index (χ0n) is 17.7. The summed E-state index contributed by atoms with van der Waals surface area (Å²) < 4.78 is 24.2. The van der Waals surface area contributed by atoms with Crippen LogP contribution in [-0.4, -0.2) is 25.1 Å². The van der Waals surface area contributed by atoms with Crippen molar-refractivity contribution in [3.63, 3.8) is 0 Å². The molecule has 0 fully saturated rings. The molecule has 0 radical (unpaired) electrons. The molecule has 0 spiro atoms. The largest absolute Gasteiger partial charge is 0.484 e. The van der Waals surface area contributed by atoms with Gasteiger partial charge in [0.15, 0.2) is 6.61 Å². The lowest BCUT2D eigenvalue weighted by Gasteiger charge is -2.10. The monoisotopic (exact) mass is 441 g/mol. The third kappa shape index (κ3) is 5.49. The summed E-state index contributed by atoms with van der Waals surface area (Å²) in [5.41, 5.74) is 2.67. The smallest absolute Gasteiger partial charge is 0.341 e. The predicted octanol–water partition coefficient (Wildman–Crippen LogP) is 5.62. The van der Waals surface area contributed by atoms with Crippen molar-refractivity contribution in [3.8, 4) is 16.9 Å². The Labute approximate surface area is 184 Å². The molecule has 7 heteroatoms. The number of hydrogen-bond acceptors (Lipinski definition) is 5. The van der Waals surface area contributed by atoms with Crippen molar-refractivity contribution in [1.82, 2.24) is 0 Å². The molecule has 0 bridgehead atoms. The molecule has 1 N–H and O–H groups in total. The third-order valence-electron chi connectivity index (χ3n) is 4.63. The van der Waals surface area contributed by atoms with Gasteiger partial charge in [-0.3, -0.25) is 4.79 Å². The van der Waals surface area contributed by atoms with Crippen LogP contribution in [-0.2, 0) is 16.0 Å². The zero-order valence-corrected chi connectivity index (χ0v) is 18.5. The molecule has 0 aliphatic heterocycles. The van der Waals surface area contributed by atoms with Gasteiger partial charge in [0.05, 0.1) is 6.61 Å². The van der Waals surface area contributed by atoms with Crippen LogP contribution in [0.1, 0.15) is 34.6 Å². The number of benzene rings is 2. The first kappa shape index (κ1) is 22.5. The normalized spacial score (nSPS) is 10.6. The molecule has 0 aliphatic carbocycles. The van der Waals surface area contributed by atoms with Crippen LogP contribution in [0.4, 0.5) is 9.39 Å². The average molecular weight is 442 g/mol. The molecule has 1 amide bonds. The number of halogens is 1. The molecule has 1 aromatic heterocycles.